The minimum atomic E-state index is 0.0884. The van der Waals surface area contributed by atoms with E-state index in [1.54, 1.807) is 0 Å². The molecule has 2 rings (SSSR count). The second-order valence-corrected chi connectivity index (χ2v) is 3.62. The average molecular weight is 163 g/mol. The Morgan fingerprint density at radius 1 is 1.50 bits per heavy atom. The highest BCUT2D eigenvalue weighted by Gasteiger charge is 2.42. The van der Waals surface area contributed by atoms with E-state index in [0.29, 0.717) is 0 Å². The van der Waals surface area contributed by atoms with Gasteiger partial charge in [0.15, 0.2) is 0 Å². The third kappa shape index (κ3) is 0.724. The highest BCUT2D eigenvalue weighted by molar-refractivity contribution is 5.87. The number of allylic oxidation sites excluding steroid dienone is 1. The van der Waals surface area contributed by atoms with Crippen molar-refractivity contribution in [2.75, 3.05) is 6.54 Å². The first kappa shape index (κ1) is 7.59. The van der Waals surface area contributed by atoms with Gasteiger partial charge in [0.05, 0.1) is 5.92 Å². The van der Waals surface area contributed by atoms with Gasteiger partial charge >= 0.3 is 0 Å². The van der Waals surface area contributed by atoms with Gasteiger partial charge in [-0.05, 0) is 6.42 Å². The molecule has 2 saturated heterocycles. The average Bonchev–Trinajstić information content (AvgIpc) is 2.38. The van der Waals surface area contributed by atoms with Gasteiger partial charge in [-0.25, -0.2) is 0 Å². The molecule has 0 aromatic heterocycles. The van der Waals surface area contributed by atoms with Crippen LogP contribution in [0.25, 0.3) is 0 Å². The molecular weight excluding hydrogens is 150 g/mol. The lowest BCUT2D eigenvalue weighted by Gasteiger charge is -2.31. The summed E-state index contributed by atoms with van der Waals surface area (Å²) in [5, 5.41) is 0. The van der Waals surface area contributed by atoms with Crippen molar-refractivity contribution in [2.24, 2.45) is 11.8 Å². The topological polar surface area (TPSA) is 20.3 Å². The van der Waals surface area contributed by atoms with Gasteiger partial charge < -0.3 is 4.90 Å². The molecule has 0 N–H and O–H groups in total. The fraction of sp³-hybridized carbons (Fsp3) is 0.500. The Balaban J connectivity index is 2.42. The van der Waals surface area contributed by atoms with E-state index in [0.717, 1.165) is 24.2 Å². The van der Waals surface area contributed by atoms with Crippen LogP contribution in [-0.4, -0.2) is 17.4 Å². The van der Waals surface area contributed by atoms with Crippen LogP contribution in [0.5, 0.6) is 0 Å². The molecule has 1 amide bonds. The summed E-state index contributed by atoms with van der Waals surface area (Å²) < 4.78 is 0. The maximum atomic E-state index is 11.6. The summed E-state index contributed by atoms with van der Waals surface area (Å²) in [7, 11) is 0. The number of amides is 1. The summed E-state index contributed by atoms with van der Waals surface area (Å²) in [6.07, 6.45) is 0.932. The molecule has 2 bridgehead atoms. The van der Waals surface area contributed by atoms with Crippen LogP contribution >= 0.6 is 0 Å². The van der Waals surface area contributed by atoms with Crippen molar-refractivity contribution in [3.63, 3.8) is 0 Å². The lowest BCUT2D eigenvalue weighted by Crippen LogP contribution is -2.36. The van der Waals surface area contributed by atoms with E-state index < -0.39 is 0 Å². The Morgan fingerprint density at radius 3 is 2.83 bits per heavy atom. The van der Waals surface area contributed by atoms with E-state index >= 15 is 0 Å². The van der Waals surface area contributed by atoms with E-state index in [4.69, 9.17) is 0 Å². The summed E-state index contributed by atoms with van der Waals surface area (Å²) >= 11 is 0. The molecule has 0 aromatic rings. The lowest BCUT2D eigenvalue weighted by molar-refractivity contribution is -0.129. The minimum Gasteiger partial charge on any atom is -0.316 e. The van der Waals surface area contributed by atoms with Crippen molar-refractivity contribution in [1.82, 2.24) is 4.90 Å². The van der Waals surface area contributed by atoms with Crippen molar-refractivity contribution in [2.45, 2.75) is 13.3 Å². The Kier molecular flexibility index (Phi) is 1.40. The second kappa shape index (κ2) is 2.22. The van der Waals surface area contributed by atoms with Gasteiger partial charge in [-0.3, -0.25) is 4.79 Å². The molecule has 2 aliphatic heterocycles. The summed E-state index contributed by atoms with van der Waals surface area (Å²) in [5.41, 5.74) is 1.98. The molecule has 2 atom stereocenters. The molecule has 2 fully saturated rings. The summed E-state index contributed by atoms with van der Waals surface area (Å²) in [4.78, 5) is 13.4. The molecule has 2 unspecified atom stereocenters. The second-order valence-electron chi connectivity index (χ2n) is 3.62. The standard InChI is InChI=1S/C10H13NO/c1-6-7(2)9-4-5-11(8(6)3)10(9)12/h6,9H,2-5H2,1H3. The lowest BCUT2D eigenvalue weighted by atomic mass is 9.85. The van der Waals surface area contributed by atoms with Crippen LogP contribution in [0, 0.1) is 11.8 Å². The normalized spacial score (nSPS) is 34.8. The molecule has 64 valence electrons. The van der Waals surface area contributed by atoms with Crippen molar-refractivity contribution >= 4 is 5.91 Å². The van der Waals surface area contributed by atoms with Gasteiger partial charge in [-0.2, -0.15) is 0 Å². The monoisotopic (exact) mass is 163 g/mol. The predicted molar refractivity (Wildman–Crippen MR) is 47.3 cm³/mol. The van der Waals surface area contributed by atoms with Crippen molar-refractivity contribution < 1.29 is 4.79 Å². The highest BCUT2D eigenvalue weighted by Crippen LogP contribution is 2.40. The fourth-order valence-electron chi connectivity index (χ4n) is 2.06. The van der Waals surface area contributed by atoms with Crippen LogP contribution in [0.2, 0.25) is 0 Å². The van der Waals surface area contributed by atoms with Crippen LogP contribution in [0.1, 0.15) is 13.3 Å². The molecule has 0 spiro atoms. The summed E-state index contributed by atoms with van der Waals surface area (Å²) in [5.74, 6) is 0.587. The van der Waals surface area contributed by atoms with E-state index in [1.807, 2.05) is 4.90 Å². The van der Waals surface area contributed by atoms with Crippen LogP contribution in [0.15, 0.2) is 24.4 Å². The number of fused-ring (bicyclic) bond motifs is 2. The zero-order chi connectivity index (χ0) is 8.88. The van der Waals surface area contributed by atoms with Crippen LogP contribution in [-0.2, 0) is 4.79 Å². The smallest absolute Gasteiger partial charge is 0.234 e. The molecule has 2 heteroatoms. The van der Waals surface area contributed by atoms with Crippen molar-refractivity contribution in [1.29, 1.82) is 0 Å². The zero-order valence-corrected chi connectivity index (χ0v) is 7.34. The zero-order valence-electron chi connectivity index (χ0n) is 7.34. The summed E-state index contributed by atoms with van der Waals surface area (Å²) in [6.45, 7) is 10.8. The van der Waals surface area contributed by atoms with Gasteiger partial charge in [0, 0.05) is 18.2 Å². The van der Waals surface area contributed by atoms with Gasteiger partial charge in [-0.15, -0.1) is 0 Å². The third-order valence-electron chi connectivity index (χ3n) is 3.06. The van der Waals surface area contributed by atoms with Gasteiger partial charge in [0.2, 0.25) is 5.91 Å². The van der Waals surface area contributed by atoms with E-state index in [9.17, 15) is 4.79 Å². The number of carbonyl (C=O) groups is 1. The number of nitrogens with zero attached hydrogens (tertiary/aromatic N) is 1. The Labute approximate surface area is 72.6 Å². The number of carbonyl (C=O) groups excluding carboxylic acids is 1. The molecule has 2 nitrogen and oxygen atoms in total. The molecule has 0 aliphatic carbocycles. The van der Waals surface area contributed by atoms with E-state index in [2.05, 4.69) is 20.1 Å². The number of hydrogen-bond acceptors (Lipinski definition) is 1. The number of hydrogen-bond donors (Lipinski definition) is 0. The number of piperidine rings is 1. The minimum absolute atomic E-state index is 0.0884. The predicted octanol–water partition coefficient (Wildman–Crippen LogP) is 1.55. The van der Waals surface area contributed by atoms with Gasteiger partial charge in [-0.1, -0.05) is 25.7 Å². The molecule has 0 saturated carbocycles. The first-order valence-electron chi connectivity index (χ1n) is 4.31. The van der Waals surface area contributed by atoms with Gasteiger partial charge in [0.25, 0.3) is 0 Å². The molecule has 0 aromatic carbocycles. The number of rotatable bonds is 0. The largest absolute Gasteiger partial charge is 0.316 e. The van der Waals surface area contributed by atoms with E-state index in [1.165, 1.54) is 0 Å². The Morgan fingerprint density at radius 2 is 2.17 bits per heavy atom. The van der Waals surface area contributed by atoms with Crippen LogP contribution in [0.3, 0.4) is 0 Å². The third-order valence-corrected chi connectivity index (χ3v) is 3.06. The van der Waals surface area contributed by atoms with E-state index in [-0.39, 0.29) is 17.7 Å². The summed E-state index contributed by atoms with van der Waals surface area (Å²) in [6, 6.07) is 0. The molecule has 2 heterocycles. The van der Waals surface area contributed by atoms with Crippen LogP contribution in [0.4, 0.5) is 0 Å². The van der Waals surface area contributed by atoms with Crippen molar-refractivity contribution in [3.8, 4) is 0 Å². The molecule has 0 radical (unpaired) electrons. The molecule has 2 aliphatic rings. The first-order chi connectivity index (χ1) is 5.63. The van der Waals surface area contributed by atoms with Gasteiger partial charge in [0.1, 0.15) is 0 Å². The first-order valence-corrected chi connectivity index (χ1v) is 4.31. The Hall–Kier alpha value is -1.05. The quantitative estimate of drug-likeness (QED) is 0.496. The SMILES string of the molecule is C=C1C(C)C(=C)N2CCC1C2=O. The molecular formula is C10H13NO. The maximum absolute atomic E-state index is 11.6. The fourth-order valence-corrected chi connectivity index (χ4v) is 2.06. The maximum Gasteiger partial charge on any atom is 0.234 e. The van der Waals surface area contributed by atoms with Crippen molar-refractivity contribution in [3.05, 3.63) is 24.4 Å². The molecule has 12 heavy (non-hydrogen) atoms. The Bertz CT molecular complexity index is 254. The van der Waals surface area contributed by atoms with Crippen LogP contribution < -0.4 is 0 Å². The highest BCUT2D eigenvalue weighted by atomic mass is 16.2.